The molecule has 2 aromatic rings. The van der Waals surface area contributed by atoms with Gasteiger partial charge in [-0.25, -0.2) is 4.98 Å². The monoisotopic (exact) mass is 320 g/mol. The number of nitrogens with one attached hydrogen (secondary N) is 2. The van der Waals surface area contributed by atoms with Gasteiger partial charge in [-0.05, 0) is 42.8 Å². The van der Waals surface area contributed by atoms with Crippen LogP contribution in [0.3, 0.4) is 0 Å². The van der Waals surface area contributed by atoms with Gasteiger partial charge in [0.05, 0.1) is 11.9 Å². The van der Waals surface area contributed by atoms with Crippen molar-refractivity contribution in [3.8, 4) is 0 Å². The highest BCUT2D eigenvalue weighted by molar-refractivity contribution is 9.10. The van der Waals surface area contributed by atoms with Gasteiger partial charge in [0.2, 0.25) is 0 Å². The van der Waals surface area contributed by atoms with Gasteiger partial charge in [-0.2, -0.15) is 0 Å². The van der Waals surface area contributed by atoms with Gasteiger partial charge in [0.25, 0.3) is 5.91 Å². The summed E-state index contributed by atoms with van der Waals surface area (Å²) < 4.78 is 1.00. The van der Waals surface area contributed by atoms with Gasteiger partial charge < -0.3 is 10.7 Å². The first-order valence-electron chi connectivity index (χ1n) is 5.60. The van der Waals surface area contributed by atoms with E-state index < -0.39 is 0 Å². The molecule has 6 heteroatoms. The van der Waals surface area contributed by atoms with Gasteiger partial charge in [0.1, 0.15) is 5.69 Å². The van der Waals surface area contributed by atoms with Crippen molar-refractivity contribution < 1.29 is 4.79 Å². The summed E-state index contributed by atoms with van der Waals surface area (Å²) in [6, 6.07) is 8.90. The van der Waals surface area contributed by atoms with Crippen molar-refractivity contribution in [2.45, 2.75) is 6.92 Å². The maximum absolute atomic E-state index is 12.0. The lowest BCUT2D eigenvalue weighted by molar-refractivity contribution is 0.102. The van der Waals surface area contributed by atoms with Gasteiger partial charge in [-0.1, -0.05) is 15.9 Å². The summed E-state index contributed by atoms with van der Waals surface area (Å²) in [6.45, 7) is 1.96. The minimum Gasteiger partial charge on any atom is -0.323 e. The van der Waals surface area contributed by atoms with Gasteiger partial charge in [-0.15, -0.1) is 0 Å². The Labute approximate surface area is 119 Å². The van der Waals surface area contributed by atoms with Crippen LogP contribution in [-0.2, 0) is 0 Å². The number of amides is 1. The van der Waals surface area contributed by atoms with E-state index in [-0.39, 0.29) is 5.91 Å². The molecule has 1 heterocycles. The van der Waals surface area contributed by atoms with Crippen LogP contribution >= 0.6 is 15.9 Å². The van der Waals surface area contributed by atoms with Gasteiger partial charge in [0, 0.05) is 10.2 Å². The molecule has 1 aromatic carbocycles. The molecule has 0 atom stereocenters. The first kappa shape index (κ1) is 13.5. The minimum atomic E-state index is -0.259. The predicted molar refractivity (Wildman–Crippen MR) is 78.9 cm³/mol. The Morgan fingerprint density at radius 3 is 2.58 bits per heavy atom. The van der Waals surface area contributed by atoms with Crippen molar-refractivity contribution in [3.63, 3.8) is 0 Å². The van der Waals surface area contributed by atoms with E-state index in [4.69, 9.17) is 5.84 Å². The number of nitrogens with zero attached hydrogens (tertiary/aromatic N) is 1. The highest BCUT2D eigenvalue weighted by Gasteiger charge is 2.08. The van der Waals surface area contributed by atoms with E-state index in [0.717, 1.165) is 15.7 Å². The molecule has 0 radical (unpaired) electrons. The Kier molecular flexibility index (Phi) is 4.13. The quantitative estimate of drug-likeness (QED) is 0.600. The number of nitrogen functional groups attached to an aromatic ring is 1. The van der Waals surface area contributed by atoms with Crippen LogP contribution in [0.25, 0.3) is 0 Å². The lowest BCUT2D eigenvalue weighted by atomic mass is 10.2. The highest BCUT2D eigenvalue weighted by Crippen LogP contribution is 2.20. The van der Waals surface area contributed by atoms with E-state index in [9.17, 15) is 4.79 Å². The van der Waals surface area contributed by atoms with Crippen LogP contribution < -0.4 is 16.6 Å². The normalized spacial score (nSPS) is 10.1. The Bertz CT molecular complexity index is 598. The van der Waals surface area contributed by atoms with Crippen LogP contribution in [0.15, 0.2) is 41.0 Å². The lowest BCUT2D eigenvalue weighted by Crippen LogP contribution is -2.14. The van der Waals surface area contributed by atoms with Gasteiger partial charge in [-0.3, -0.25) is 10.6 Å². The molecule has 0 saturated heterocycles. The molecule has 5 nitrogen and oxygen atoms in total. The first-order valence-corrected chi connectivity index (χ1v) is 6.39. The molecule has 19 heavy (non-hydrogen) atoms. The summed E-state index contributed by atoms with van der Waals surface area (Å²) in [6.07, 6.45) is 1.50. The SMILES string of the molecule is Cc1cc(NC(=O)c2ccc(NN)cn2)ccc1Br. The molecule has 2 rings (SSSR count). The average molecular weight is 321 g/mol. The van der Waals surface area contributed by atoms with Gasteiger partial charge in [0.15, 0.2) is 0 Å². The summed E-state index contributed by atoms with van der Waals surface area (Å²) in [7, 11) is 0. The molecule has 0 spiro atoms. The molecular formula is C13H13BrN4O. The van der Waals surface area contributed by atoms with Crippen LogP contribution in [0.5, 0.6) is 0 Å². The summed E-state index contributed by atoms with van der Waals surface area (Å²) in [5, 5.41) is 2.79. The Balaban J connectivity index is 2.13. The number of carbonyl (C=O) groups is 1. The zero-order valence-corrected chi connectivity index (χ0v) is 11.9. The number of hydrazine groups is 1. The zero-order valence-electron chi connectivity index (χ0n) is 10.3. The predicted octanol–water partition coefficient (Wildman–Crippen LogP) is 2.69. The third-order valence-corrected chi connectivity index (χ3v) is 3.47. The number of aryl methyl sites for hydroxylation is 1. The maximum Gasteiger partial charge on any atom is 0.274 e. The van der Waals surface area contributed by atoms with Gasteiger partial charge >= 0.3 is 0 Å². The lowest BCUT2D eigenvalue weighted by Gasteiger charge is -2.07. The second-order valence-electron chi connectivity index (χ2n) is 3.99. The topological polar surface area (TPSA) is 80.0 Å². The van der Waals surface area contributed by atoms with Crippen molar-refractivity contribution >= 4 is 33.2 Å². The number of anilines is 2. The van der Waals surface area contributed by atoms with Crippen LogP contribution in [0.4, 0.5) is 11.4 Å². The molecule has 0 aliphatic carbocycles. The van der Waals surface area contributed by atoms with E-state index >= 15 is 0 Å². The Morgan fingerprint density at radius 2 is 2.00 bits per heavy atom. The van der Waals surface area contributed by atoms with Crippen molar-refractivity contribution in [1.29, 1.82) is 0 Å². The standard InChI is InChI=1S/C13H13BrN4O/c1-8-6-9(2-4-11(8)14)17-13(19)12-5-3-10(18-15)7-16-12/h2-7,18H,15H2,1H3,(H,17,19). The minimum absolute atomic E-state index is 0.259. The maximum atomic E-state index is 12.0. The molecule has 1 amide bonds. The largest absolute Gasteiger partial charge is 0.323 e. The van der Waals surface area contributed by atoms with Crippen molar-refractivity contribution in [2.75, 3.05) is 10.7 Å². The van der Waals surface area contributed by atoms with E-state index in [1.54, 1.807) is 12.1 Å². The molecule has 4 N–H and O–H groups in total. The van der Waals surface area contributed by atoms with E-state index in [1.807, 2.05) is 25.1 Å². The fraction of sp³-hybridized carbons (Fsp3) is 0.0769. The summed E-state index contributed by atoms with van der Waals surface area (Å²) in [5.74, 6) is 4.98. The van der Waals surface area contributed by atoms with Crippen LogP contribution in [0.1, 0.15) is 16.1 Å². The second-order valence-corrected chi connectivity index (χ2v) is 4.85. The van der Waals surface area contributed by atoms with Crippen molar-refractivity contribution in [1.82, 2.24) is 4.98 Å². The summed E-state index contributed by atoms with van der Waals surface area (Å²) in [4.78, 5) is 16.0. The number of pyridine rings is 1. The third-order valence-electron chi connectivity index (χ3n) is 2.58. The third kappa shape index (κ3) is 3.30. The summed E-state index contributed by atoms with van der Waals surface area (Å²) >= 11 is 3.41. The fourth-order valence-corrected chi connectivity index (χ4v) is 1.78. The van der Waals surface area contributed by atoms with Crippen LogP contribution in [-0.4, -0.2) is 10.9 Å². The number of nitrogens with two attached hydrogens (primary N) is 1. The highest BCUT2D eigenvalue weighted by atomic mass is 79.9. The molecule has 98 valence electrons. The molecule has 0 aliphatic heterocycles. The zero-order chi connectivity index (χ0) is 13.8. The van der Waals surface area contributed by atoms with E-state index in [0.29, 0.717) is 11.4 Å². The number of hydrogen-bond acceptors (Lipinski definition) is 4. The number of hydrogen-bond donors (Lipinski definition) is 3. The molecule has 0 bridgehead atoms. The Hall–Kier alpha value is -1.92. The summed E-state index contributed by atoms with van der Waals surface area (Å²) in [5.41, 5.74) is 5.22. The van der Waals surface area contributed by atoms with E-state index in [1.165, 1.54) is 6.20 Å². The molecule has 0 fully saturated rings. The van der Waals surface area contributed by atoms with E-state index in [2.05, 4.69) is 31.7 Å². The van der Waals surface area contributed by atoms with Crippen molar-refractivity contribution in [3.05, 3.63) is 52.3 Å². The number of aromatic nitrogens is 1. The number of halogens is 1. The number of benzene rings is 1. The smallest absolute Gasteiger partial charge is 0.274 e. The van der Waals surface area contributed by atoms with Crippen LogP contribution in [0, 0.1) is 6.92 Å². The molecule has 0 aliphatic rings. The number of carbonyl (C=O) groups excluding carboxylic acids is 1. The molecular weight excluding hydrogens is 308 g/mol. The first-order chi connectivity index (χ1) is 9.10. The molecule has 0 saturated carbocycles. The van der Waals surface area contributed by atoms with Crippen molar-refractivity contribution in [2.24, 2.45) is 5.84 Å². The van der Waals surface area contributed by atoms with Crippen LogP contribution in [0.2, 0.25) is 0 Å². The molecule has 0 unspecified atom stereocenters. The molecule has 1 aromatic heterocycles. The second kappa shape index (κ2) is 5.81. The Morgan fingerprint density at radius 1 is 1.26 bits per heavy atom. The average Bonchev–Trinajstić information content (AvgIpc) is 2.43. The number of rotatable bonds is 3. The fourth-order valence-electron chi connectivity index (χ4n) is 1.53.